The van der Waals surface area contributed by atoms with E-state index in [0.29, 0.717) is 11.1 Å². The van der Waals surface area contributed by atoms with Gasteiger partial charge in [0.25, 0.3) is 0 Å². The lowest BCUT2D eigenvalue weighted by Crippen LogP contribution is -2.25. The summed E-state index contributed by atoms with van der Waals surface area (Å²) in [5.74, 6) is -0.514. The third kappa shape index (κ3) is 1.33. The minimum atomic E-state index is -0.283. The van der Waals surface area contributed by atoms with Gasteiger partial charge in [-0.25, -0.2) is 0 Å². The van der Waals surface area contributed by atoms with Crippen LogP contribution in [0.1, 0.15) is 26.3 Å². The number of rotatable bonds is 0. The maximum Gasteiger partial charge on any atom is 0.210 e. The Balaban J connectivity index is 2.79. The van der Waals surface area contributed by atoms with Crippen molar-refractivity contribution in [1.82, 2.24) is 0 Å². The number of nitrogens with two attached hydrogens (primary N) is 1. The first-order chi connectivity index (χ1) is 7.04. The van der Waals surface area contributed by atoms with Gasteiger partial charge < -0.3 is 5.73 Å². The first-order valence-corrected chi connectivity index (χ1v) is 5.17. The number of fused-ring (bicyclic) bond motifs is 1. The Morgan fingerprint density at radius 1 is 1.20 bits per heavy atom. The molecule has 3 nitrogen and oxygen atoms in total. The molecule has 15 heavy (non-hydrogen) atoms. The summed E-state index contributed by atoms with van der Waals surface area (Å²) in [5, 5.41) is 0. The molecule has 0 aromatic heterocycles. The second-order valence-corrected chi connectivity index (χ2v) is 4.18. The highest BCUT2D eigenvalue weighted by atomic mass is 79.9. The van der Waals surface area contributed by atoms with Gasteiger partial charge in [0.2, 0.25) is 11.6 Å². The van der Waals surface area contributed by atoms with Crippen LogP contribution in [-0.2, 0) is 0 Å². The zero-order valence-electron chi connectivity index (χ0n) is 8.00. The number of allylic oxidation sites excluding steroid dienone is 2. The monoisotopic (exact) mass is 265 g/mol. The number of Topliss-reactive ketones (excluding diaryl/α,β-unsaturated/α-hetero) is 2. The molecule has 0 unspecified atom stereocenters. The lowest BCUT2D eigenvalue weighted by molar-refractivity contribution is 0.0980. The smallest absolute Gasteiger partial charge is 0.210 e. The number of carbonyl (C=O) groups is 2. The van der Waals surface area contributed by atoms with E-state index in [1.54, 1.807) is 25.1 Å². The summed E-state index contributed by atoms with van der Waals surface area (Å²) in [6, 6.07) is 5.17. The molecule has 0 heterocycles. The fourth-order valence-corrected chi connectivity index (χ4v) is 2.03. The van der Waals surface area contributed by atoms with Gasteiger partial charge in [-0.05, 0) is 28.4 Å². The van der Waals surface area contributed by atoms with Crippen molar-refractivity contribution in [3.8, 4) is 0 Å². The van der Waals surface area contributed by atoms with Gasteiger partial charge >= 0.3 is 0 Å². The zero-order chi connectivity index (χ0) is 11.2. The second kappa shape index (κ2) is 3.31. The molecular formula is C11H8BrNO2. The first-order valence-electron chi connectivity index (χ1n) is 4.38. The molecule has 0 fully saturated rings. The minimum Gasteiger partial charge on any atom is -0.395 e. The van der Waals surface area contributed by atoms with Crippen molar-refractivity contribution in [2.24, 2.45) is 5.73 Å². The van der Waals surface area contributed by atoms with E-state index < -0.39 is 0 Å². The molecule has 1 aliphatic rings. The van der Waals surface area contributed by atoms with Crippen molar-refractivity contribution in [1.29, 1.82) is 0 Å². The Hall–Kier alpha value is -1.42. The summed E-state index contributed by atoms with van der Waals surface area (Å²) in [6.45, 7) is 1.79. The van der Waals surface area contributed by atoms with Crippen molar-refractivity contribution in [3.05, 3.63) is 45.1 Å². The van der Waals surface area contributed by atoms with E-state index in [4.69, 9.17) is 5.73 Å². The number of halogens is 1. The fraction of sp³-hybridized carbons (Fsp3) is 0.0909. The molecule has 0 amide bonds. The number of benzene rings is 1. The largest absolute Gasteiger partial charge is 0.395 e. The molecule has 0 saturated carbocycles. The minimum absolute atomic E-state index is 0.0122. The lowest BCUT2D eigenvalue weighted by Gasteiger charge is -2.16. The maximum atomic E-state index is 11.8. The van der Waals surface area contributed by atoms with E-state index in [9.17, 15) is 9.59 Å². The van der Waals surface area contributed by atoms with Gasteiger partial charge in [-0.1, -0.05) is 18.2 Å². The second-order valence-electron chi connectivity index (χ2n) is 3.38. The number of carbonyl (C=O) groups excluding carboxylic acids is 2. The maximum absolute atomic E-state index is 11.8. The van der Waals surface area contributed by atoms with E-state index in [1.807, 2.05) is 0 Å². The van der Waals surface area contributed by atoms with Crippen LogP contribution < -0.4 is 5.73 Å². The Kier molecular flexibility index (Phi) is 2.23. The van der Waals surface area contributed by atoms with Gasteiger partial charge in [0.1, 0.15) is 0 Å². The number of ketones is 2. The van der Waals surface area contributed by atoms with Crippen molar-refractivity contribution >= 4 is 27.5 Å². The molecule has 0 aliphatic heterocycles. The van der Waals surface area contributed by atoms with Crippen LogP contribution in [0.15, 0.2) is 28.4 Å². The topological polar surface area (TPSA) is 60.2 Å². The molecule has 0 saturated heterocycles. The van der Waals surface area contributed by atoms with E-state index in [2.05, 4.69) is 15.9 Å². The van der Waals surface area contributed by atoms with Gasteiger partial charge in [-0.15, -0.1) is 0 Å². The summed E-state index contributed by atoms with van der Waals surface area (Å²) in [6.07, 6.45) is 0. The third-order valence-electron chi connectivity index (χ3n) is 2.42. The van der Waals surface area contributed by atoms with Gasteiger partial charge in [0.15, 0.2) is 0 Å². The number of hydrogen-bond acceptors (Lipinski definition) is 3. The summed E-state index contributed by atoms with van der Waals surface area (Å²) in [7, 11) is 0. The van der Waals surface area contributed by atoms with E-state index in [-0.39, 0.29) is 21.7 Å². The van der Waals surface area contributed by atoms with Crippen LogP contribution in [0.2, 0.25) is 0 Å². The van der Waals surface area contributed by atoms with Crippen molar-refractivity contribution in [2.75, 3.05) is 0 Å². The van der Waals surface area contributed by atoms with Crippen molar-refractivity contribution in [3.63, 3.8) is 0 Å². The molecule has 0 bridgehead atoms. The average molecular weight is 266 g/mol. The van der Waals surface area contributed by atoms with Crippen LogP contribution in [0.3, 0.4) is 0 Å². The predicted molar refractivity (Wildman–Crippen MR) is 60.0 cm³/mol. The van der Waals surface area contributed by atoms with Crippen LogP contribution in [-0.4, -0.2) is 11.6 Å². The van der Waals surface area contributed by atoms with Crippen LogP contribution in [0.4, 0.5) is 0 Å². The highest BCUT2D eigenvalue weighted by molar-refractivity contribution is 9.12. The van der Waals surface area contributed by atoms with Gasteiger partial charge in [-0.2, -0.15) is 0 Å². The standard InChI is InChI=1S/C11H8BrNO2/c1-5-3-2-4-6-7(5)11(15)9(13)8(12)10(6)14/h2-4H,13H2,1H3. The van der Waals surface area contributed by atoms with E-state index >= 15 is 0 Å². The molecule has 1 aliphatic carbocycles. The van der Waals surface area contributed by atoms with Crippen LogP contribution in [0, 0.1) is 6.92 Å². The van der Waals surface area contributed by atoms with Crippen LogP contribution in [0.25, 0.3) is 0 Å². The molecule has 4 heteroatoms. The first kappa shape index (κ1) is 10.1. The summed E-state index contributed by atoms with van der Waals surface area (Å²) in [4.78, 5) is 23.6. The Labute approximate surface area is 95.1 Å². The molecule has 76 valence electrons. The molecule has 1 aromatic carbocycles. The normalized spacial score (nSPS) is 15.6. The van der Waals surface area contributed by atoms with Crippen molar-refractivity contribution < 1.29 is 9.59 Å². The summed E-state index contributed by atoms with van der Waals surface area (Å²) in [5.41, 5.74) is 7.16. The molecular weight excluding hydrogens is 258 g/mol. The van der Waals surface area contributed by atoms with Crippen molar-refractivity contribution in [2.45, 2.75) is 6.92 Å². The van der Waals surface area contributed by atoms with Gasteiger partial charge in [0, 0.05) is 11.1 Å². The zero-order valence-corrected chi connectivity index (χ0v) is 9.59. The van der Waals surface area contributed by atoms with E-state index in [0.717, 1.165) is 5.56 Å². The molecule has 0 atom stereocenters. The fourth-order valence-electron chi connectivity index (χ4n) is 1.63. The van der Waals surface area contributed by atoms with Gasteiger partial charge in [0.05, 0.1) is 10.2 Å². The quantitative estimate of drug-likeness (QED) is 0.780. The number of hydrogen-bond donors (Lipinski definition) is 1. The number of aryl methyl sites for hydroxylation is 1. The highest BCUT2D eigenvalue weighted by Gasteiger charge is 2.30. The molecule has 1 aromatic rings. The Morgan fingerprint density at radius 2 is 1.87 bits per heavy atom. The van der Waals surface area contributed by atoms with Crippen LogP contribution >= 0.6 is 15.9 Å². The predicted octanol–water partition coefficient (Wildman–Crippen LogP) is 1.94. The molecule has 2 N–H and O–H groups in total. The SMILES string of the molecule is Cc1cccc2c1C(=O)C(N)=C(Br)C2=O. The molecule has 0 radical (unpaired) electrons. The molecule has 2 rings (SSSR count). The highest BCUT2D eigenvalue weighted by Crippen LogP contribution is 2.28. The van der Waals surface area contributed by atoms with Crippen LogP contribution in [0.5, 0.6) is 0 Å². The van der Waals surface area contributed by atoms with Gasteiger partial charge in [-0.3, -0.25) is 9.59 Å². The van der Waals surface area contributed by atoms with E-state index in [1.165, 1.54) is 0 Å². The average Bonchev–Trinajstić information content (AvgIpc) is 2.23. The third-order valence-corrected chi connectivity index (χ3v) is 3.21. The molecule has 0 spiro atoms. The summed E-state index contributed by atoms with van der Waals surface area (Å²) < 4.78 is 0.158. The Morgan fingerprint density at radius 3 is 2.53 bits per heavy atom. The summed E-state index contributed by atoms with van der Waals surface area (Å²) >= 11 is 3.04. The lowest BCUT2D eigenvalue weighted by atomic mass is 9.89. The Bertz CT molecular complexity index is 517.